The first-order chi connectivity index (χ1) is 5.20. The van der Waals surface area contributed by atoms with E-state index in [0.717, 1.165) is 12.8 Å². The summed E-state index contributed by atoms with van der Waals surface area (Å²) in [6, 6.07) is 0.212. The first-order valence-electron chi connectivity index (χ1n) is 3.95. The lowest BCUT2D eigenvalue weighted by Gasteiger charge is -2.23. The maximum atomic E-state index is 10.6. The number of amides is 1. The Balaban J connectivity index is 2.14. The van der Waals surface area contributed by atoms with E-state index in [-0.39, 0.29) is 12.1 Å². The lowest BCUT2D eigenvalue weighted by molar-refractivity contribution is 0.130. The van der Waals surface area contributed by atoms with Crippen molar-refractivity contribution in [3.63, 3.8) is 0 Å². The van der Waals surface area contributed by atoms with Crippen LogP contribution in [0.25, 0.3) is 0 Å². The largest absolute Gasteiger partial charge is 0.465 e. The third-order valence-corrected chi connectivity index (χ3v) is 2.90. The number of carboxylic acid groups (broad SMARTS) is 1. The first-order valence-corrected chi connectivity index (χ1v) is 3.95. The summed E-state index contributed by atoms with van der Waals surface area (Å²) < 4.78 is 0. The van der Waals surface area contributed by atoms with Gasteiger partial charge in [-0.3, -0.25) is 0 Å². The van der Waals surface area contributed by atoms with Crippen molar-refractivity contribution in [2.45, 2.75) is 24.9 Å². The highest BCUT2D eigenvalue weighted by Crippen LogP contribution is 2.36. The van der Waals surface area contributed by atoms with Crippen LogP contribution >= 0.6 is 0 Å². The van der Waals surface area contributed by atoms with Crippen LogP contribution in [0.3, 0.4) is 0 Å². The Morgan fingerprint density at radius 1 is 1.55 bits per heavy atom. The van der Waals surface area contributed by atoms with Gasteiger partial charge in [0.15, 0.2) is 0 Å². The molecule has 3 unspecified atom stereocenters. The molecule has 1 heterocycles. The van der Waals surface area contributed by atoms with Gasteiger partial charge in [-0.25, -0.2) is 4.79 Å². The van der Waals surface area contributed by atoms with Crippen molar-refractivity contribution in [2.24, 2.45) is 11.7 Å². The van der Waals surface area contributed by atoms with Gasteiger partial charge < -0.3 is 15.7 Å². The molecule has 4 nitrogen and oxygen atoms in total. The van der Waals surface area contributed by atoms with Crippen molar-refractivity contribution in [3.8, 4) is 0 Å². The number of carbonyl (C=O) groups is 1. The van der Waals surface area contributed by atoms with Gasteiger partial charge in [-0.05, 0) is 18.8 Å². The highest BCUT2D eigenvalue weighted by atomic mass is 16.4. The van der Waals surface area contributed by atoms with Crippen LogP contribution in [0.1, 0.15) is 12.8 Å². The van der Waals surface area contributed by atoms with E-state index in [2.05, 4.69) is 0 Å². The van der Waals surface area contributed by atoms with Gasteiger partial charge in [-0.15, -0.1) is 0 Å². The van der Waals surface area contributed by atoms with E-state index in [1.54, 1.807) is 0 Å². The SMILES string of the molecule is NC1C2CCC1N(C(=O)O)C2. The van der Waals surface area contributed by atoms with Crippen LogP contribution < -0.4 is 5.73 Å². The minimum atomic E-state index is -0.812. The molecule has 2 bridgehead atoms. The Morgan fingerprint density at radius 2 is 2.27 bits per heavy atom. The molecule has 1 amide bonds. The lowest BCUT2D eigenvalue weighted by Crippen LogP contribution is -2.40. The summed E-state index contributed by atoms with van der Waals surface area (Å²) in [5, 5.41) is 8.72. The Labute approximate surface area is 65.0 Å². The average molecular weight is 156 g/mol. The fourth-order valence-electron chi connectivity index (χ4n) is 2.27. The molecule has 3 N–H and O–H groups in total. The van der Waals surface area contributed by atoms with E-state index in [9.17, 15) is 4.79 Å². The standard InChI is InChI=1S/C7H12N2O2/c8-6-4-1-2-5(6)9(3-4)7(10)11/h4-6H,1-3,8H2,(H,10,11). The number of hydrogen-bond acceptors (Lipinski definition) is 2. The molecular formula is C7H12N2O2. The van der Waals surface area contributed by atoms with Crippen LogP contribution in [0.4, 0.5) is 4.79 Å². The Bertz CT molecular complexity index is 195. The molecule has 0 radical (unpaired) electrons. The number of fused-ring (bicyclic) bond motifs is 2. The van der Waals surface area contributed by atoms with Crippen molar-refractivity contribution in [3.05, 3.63) is 0 Å². The quantitative estimate of drug-likeness (QED) is 0.522. The number of piperidine rings is 1. The summed E-state index contributed by atoms with van der Waals surface area (Å²) in [6.07, 6.45) is 1.25. The van der Waals surface area contributed by atoms with E-state index in [0.29, 0.717) is 12.5 Å². The van der Waals surface area contributed by atoms with Gasteiger partial charge in [0.2, 0.25) is 0 Å². The van der Waals surface area contributed by atoms with Crippen LogP contribution in [0.5, 0.6) is 0 Å². The van der Waals surface area contributed by atoms with E-state index in [1.807, 2.05) is 0 Å². The van der Waals surface area contributed by atoms with Crippen LogP contribution in [-0.4, -0.2) is 34.7 Å². The van der Waals surface area contributed by atoms with Crippen molar-refractivity contribution >= 4 is 6.09 Å². The molecule has 4 heteroatoms. The highest BCUT2D eigenvalue weighted by Gasteiger charge is 2.46. The molecule has 1 aliphatic carbocycles. The van der Waals surface area contributed by atoms with Crippen molar-refractivity contribution in [1.82, 2.24) is 4.90 Å². The zero-order valence-electron chi connectivity index (χ0n) is 6.23. The zero-order valence-corrected chi connectivity index (χ0v) is 6.23. The summed E-state index contributed by atoms with van der Waals surface area (Å²) in [5.74, 6) is 0.427. The minimum Gasteiger partial charge on any atom is -0.465 e. The van der Waals surface area contributed by atoms with Gasteiger partial charge in [-0.2, -0.15) is 0 Å². The molecule has 1 saturated carbocycles. The van der Waals surface area contributed by atoms with E-state index in [1.165, 1.54) is 4.90 Å². The van der Waals surface area contributed by atoms with Crippen molar-refractivity contribution < 1.29 is 9.90 Å². The highest BCUT2D eigenvalue weighted by molar-refractivity contribution is 5.66. The lowest BCUT2D eigenvalue weighted by atomic mass is 10.1. The fraction of sp³-hybridized carbons (Fsp3) is 0.857. The van der Waals surface area contributed by atoms with Crippen LogP contribution in [0.15, 0.2) is 0 Å². The second kappa shape index (κ2) is 2.11. The maximum absolute atomic E-state index is 10.6. The number of hydrogen-bond donors (Lipinski definition) is 2. The van der Waals surface area contributed by atoms with Gasteiger partial charge in [0.25, 0.3) is 0 Å². The molecule has 11 heavy (non-hydrogen) atoms. The molecule has 0 aromatic carbocycles. The Hall–Kier alpha value is -0.770. The van der Waals surface area contributed by atoms with E-state index < -0.39 is 6.09 Å². The second-order valence-corrected chi connectivity index (χ2v) is 3.42. The summed E-state index contributed by atoms with van der Waals surface area (Å²) in [6.45, 7) is 0.654. The van der Waals surface area contributed by atoms with Crippen LogP contribution in [0.2, 0.25) is 0 Å². The van der Waals surface area contributed by atoms with Crippen LogP contribution in [0, 0.1) is 5.92 Å². The Kier molecular flexibility index (Phi) is 1.32. The summed E-state index contributed by atoms with van der Waals surface area (Å²) in [4.78, 5) is 12.1. The molecule has 2 rings (SSSR count). The average Bonchev–Trinajstić information content (AvgIpc) is 2.46. The second-order valence-electron chi connectivity index (χ2n) is 3.42. The van der Waals surface area contributed by atoms with Gasteiger partial charge in [0, 0.05) is 12.6 Å². The van der Waals surface area contributed by atoms with Gasteiger partial charge in [0.1, 0.15) is 0 Å². The predicted octanol–water partition coefficient (Wildman–Crippen LogP) is 0.0859. The molecule has 0 aromatic heterocycles. The first kappa shape index (κ1) is 6.91. The molecule has 0 spiro atoms. The minimum absolute atomic E-state index is 0.103. The molecule has 1 saturated heterocycles. The monoisotopic (exact) mass is 156 g/mol. The molecule has 62 valence electrons. The molecule has 3 atom stereocenters. The summed E-state index contributed by atoms with van der Waals surface area (Å²) in [5.41, 5.74) is 5.81. The smallest absolute Gasteiger partial charge is 0.407 e. The summed E-state index contributed by atoms with van der Waals surface area (Å²) in [7, 11) is 0. The normalized spacial score (nSPS) is 41.5. The molecule has 0 aromatic rings. The molecular weight excluding hydrogens is 144 g/mol. The molecule has 1 aliphatic heterocycles. The number of likely N-dealkylation sites (tertiary alicyclic amines) is 1. The maximum Gasteiger partial charge on any atom is 0.407 e. The Morgan fingerprint density at radius 3 is 2.55 bits per heavy atom. The molecule has 2 aliphatic rings. The number of nitrogens with two attached hydrogens (primary N) is 1. The van der Waals surface area contributed by atoms with Crippen LogP contribution in [-0.2, 0) is 0 Å². The number of rotatable bonds is 0. The van der Waals surface area contributed by atoms with E-state index in [4.69, 9.17) is 10.8 Å². The van der Waals surface area contributed by atoms with Crippen molar-refractivity contribution in [1.29, 1.82) is 0 Å². The van der Waals surface area contributed by atoms with Gasteiger partial charge in [-0.1, -0.05) is 0 Å². The third kappa shape index (κ3) is 0.822. The fourth-order valence-corrected chi connectivity index (χ4v) is 2.27. The summed E-state index contributed by atoms with van der Waals surface area (Å²) >= 11 is 0. The predicted molar refractivity (Wildman–Crippen MR) is 39.2 cm³/mol. The zero-order chi connectivity index (χ0) is 8.01. The van der Waals surface area contributed by atoms with Crippen molar-refractivity contribution in [2.75, 3.05) is 6.54 Å². The van der Waals surface area contributed by atoms with E-state index >= 15 is 0 Å². The topological polar surface area (TPSA) is 66.6 Å². The third-order valence-electron chi connectivity index (χ3n) is 2.90. The number of nitrogens with zero attached hydrogens (tertiary/aromatic N) is 1. The molecule has 2 fully saturated rings. The van der Waals surface area contributed by atoms with Gasteiger partial charge >= 0.3 is 6.09 Å². The van der Waals surface area contributed by atoms with Gasteiger partial charge in [0.05, 0.1) is 6.04 Å².